The van der Waals surface area contributed by atoms with Gasteiger partial charge in [-0.25, -0.2) is 0 Å². The van der Waals surface area contributed by atoms with Crippen molar-refractivity contribution < 1.29 is 14.5 Å². The molecule has 7 heteroatoms. The third kappa shape index (κ3) is 3.67. The largest absolute Gasteiger partial charge is 0.495 e. The first kappa shape index (κ1) is 17.9. The van der Waals surface area contributed by atoms with Crippen molar-refractivity contribution in [2.24, 2.45) is 0 Å². The molecule has 7 nitrogen and oxygen atoms in total. The van der Waals surface area contributed by atoms with Gasteiger partial charge in [-0.2, -0.15) is 0 Å². The Balaban J connectivity index is 1.70. The Bertz CT molecular complexity index is 837. The fourth-order valence-corrected chi connectivity index (χ4v) is 3.26. The van der Waals surface area contributed by atoms with Crippen LogP contribution < -0.4 is 15.4 Å². The predicted molar refractivity (Wildman–Crippen MR) is 98.4 cm³/mol. The van der Waals surface area contributed by atoms with Gasteiger partial charge in [0.2, 0.25) is 5.91 Å². The van der Waals surface area contributed by atoms with Gasteiger partial charge in [-0.3, -0.25) is 20.2 Å². The van der Waals surface area contributed by atoms with Crippen LogP contribution in [0.5, 0.6) is 5.75 Å². The summed E-state index contributed by atoms with van der Waals surface area (Å²) in [6.45, 7) is 1.78. The van der Waals surface area contributed by atoms with Gasteiger partial charge in [-0.1, -0.05) is 24.3 Å². The molecular formula is C19H21N3O4. The molecule has 3 rings (SSSR count). The Kier molecular flexibility index (Phi) is 5.18. The molecule has 0 heterocycles. The molecule has 1 amide bonds. The van der Waals surface area contributed by atoms with Crippen LogP contribution >= 0.6 is 0 Å². The van der Waals surface area contributed by atoms with Crippen LogP contribution in [0, 0.1) is 10.1 Å². The number of carbonyl (C=O) groups excluding carboxylic acids is 1. The molecule has 0 unspecified atom stereocenters. The van der Waals surface area contributed by atoms with Crippen LogP contribution in [0.2, 0.25) is 0 Å². The van der Waals surface area contributed by atoms with Gasteiger partial charge in [0.15, 0.2) is 0 Å². The summed E-state index contributed by atoms with van der Waals surface area (Å²) in [4.78, 5) is 23.0. The van der Waals surface area contributed by atoms with Crippen molar-refractivity contribution in [3.05, 3.63) is 63.7 Å². The minimum atomic E-state index is -0.508. The van der Waals surface area contributed by atoms with E-state index in [1.54, 1.807) is 6.92 Å². The van der Waals surface area contributed by atoms with E-state index in [1.165, 1.54) is 36.4 Å². The SMILES string of the molecule is COc1ccc([N+](=O)[O-])cc1NC(=O)[C@H](C)N[C@H]1CCc2ccccc21. The van der Waals surface area contributed by atoms with Crippen molar-refractivity contribution in [2.45, 2.75) is 31.8 Å². The highest BCUT2D eigenvalue weighted by Gasteiger charge is 2.26. The second-order valence-corrected chi connectivity index (χ2v) is 6.31. The Morgan fingerprint density at radius 2 is 2.08 bits per heavy atom. The highest BCUT2D eigenvalue weighted by atomic mass is 16.6. The van der Waals surface area contributed by atoms with E-state index in [4.69, 9.17) is 4.74 Å². The van der Waals surface area contributed by atoms with Gasteiger partial charge in [0.05, 0.1) is 23.8 Å². The van der Waals surface area contributed by atoms with Gasteiger partial charge in [0, 0.05) is 18.2 Å². The first-order chi connectivity index (χ1) is 12.5. The number of non-ortho nitro benzene ring substituents is 1. The van der Waals surface area contributed by atoms with E-state index >= 15 is 0 Å². The number of hydrogen-bond donors (Lipinski definition) is 2. The summed E-state index contributed by atoms with van der Waals surface area (Å²) in [6.07, 6.45) is 1.93. The summed E-state index contributed by atoms with van der Waals surface area (Å²) in [7, 11) is 1.45. The van der Waals surface area contributed by atoms with E-state index in [-0.39, 0.29) is 23.3 Å². The number of fused-ring (bicyclic) bond motifs is 1. The van der Waals surface area contributed by atoms with E-state index in [0.29, 0.717) is 5.75 Å². The number of benzene rings is 2. The third-order valence-corrected chi connectivity index (χ3v) is 4.63. The molecule has 26 heavy (non-hydrogen) atoms. The van der Waals surface area contributed by atoms with Gasteiger partial charge in [0.25, 0.3) is 5.69 Å². The zero-order valence-corrected chi connectivity index (χ0v) is 14.7. The lowest BCUT2D eigenvalue weighted by molar-refractivity contribution is -0.384. The number of nitro groups is 1. The molecule has 0 aromatic heterocycles. The zero-order valence-electron chi connectivity index (χ0n) is 14.7. The molecule has 2 atom stereocenters. The molecule has 136 valence electrons. The zero-order chi connectivity index (χ0) is 18.7. The van der Waals surface area contributed by atoms with Crippen LogP contribution in [0.25, 0.3) is 0 Å². The van der Waals surface area contributed by atoms with Gasteiger partial charge in [-0.15, -0.1) is 0 Å². The van der Waals surface area contributed by atoms with E-state index < -0.39 is 11.0 Å². The fraction of sp³-hybridized carbons (Fsp3) is 0.316. The molecule has 0 spiro atoms. The van der Waals surface area contributed by atoms with E-state index in [2.05, 4.69) is 22.8 Å². The number of hydrogen-bond acceptors (Lipinski definition) is 5. The summed E-state index contributed by atoms with van der Waals surface area (Å²) in [5.41, 5.74) is 2.71. The Labute approximate surface area is 151 Å². The lowest BCUT2D eigenvalue weighted by atomic mass is 10.1. The second-order valence-electron chi connectivity index (χ2n) is 6.31. The first-order valence-electron chi connectivity index (χ1n) is 8.46. The number of anilines is 1. The quantitative estimate of drug-likeness (QED) is 0.613. The summed E-state index contributed by atoms with van der Waals surface area (Å²) in [6, 6.07) is 12.0. The van der Waals surface area contributed by atoms with E-state index in [9.17, 15) is 14.9 Å². The summed E-state index contributed by atoms with van der Waals surface area (Å²) in [5, 5.41) is 17.0. The molecule has 0 fully saturated rings. The van der Waals surface area contributed by atoms with Crippen LogP contribution in [0.4, 0.5) is 11.4 Å². The number of amides is 1. The highest BCUT2D eigenvalue weighted by molar-refractivity contribution is 5.96. The monoisotopic (exact) mass is 355 g/mol. The Morgan fingerprint density at radius 3 is 2.81 bits per heavy atom. The molecular weight excluding hydrogens is 334 g/mol. The molecule has 2 N–H and O–H groups in total. The maximum Gasteiger partial charge on any atom is 0.271 e. The standard InChI is InChI=1S/C19H21N3O4/c1-12(20-16-9-7-13-5-3-4-6-15(13)16)19(23)21-17-11-14(22(24)25)8-10-18(17)26-2/h3-6,8,10-12,16,20H,7,9H2,1-2H3,(H,21,23)/t12-,16-/m0/s1. The van der Waals surface area contributed by atoms with Crippen LogP contribution in [-0.2, 0) is 11.2 Å². The lowest BCUT2D eigenvalue weighted by Gasteiger charge is -2.20. The molecule has 1 aliphatic rings. The molecule has 0 radical (unpaired) electrons. The molecule has 0 aliphatic heterocycles. The molecule has 2 aromatic carbocycles. The minimum Gasteiger partial charge on any atom is -0.495 e. The van der Waals surface area contributed by atoms with E-state index in [1.807, 2.05) is 12.1 Å². The normalized spacial score (nSPS) is 16.6. The number of methoxy groups -OCH3 is 1. The number of rotatable bonds is 6. The number of carbonyl (C=O) groups is 1. The van der Waals surface area contributed by atoms with Gasteiger partial charge < -0.3 is 10.1 Å². The summed E-state index contributed by atoms with van der Waals surface area (Å²) >= 11 is 0. The van der Waals surface area contributed by atoms with Crippen LogP contribution in [0.3, 0.4) is 0 Å². The molecule has 1 aliphatic carbocycles. The fourth-order valence-electron chi connectivity index (χ4n) is 3.26. The second kappa shape index (κ2) is 7.53. The first-order valence-corrected chi connectivity index (χ1v) is 8.46. The van der Waals surface area contributed by atoms with Gasteiger partial charge >= 0.3 is 0 Å². The van der Waals surface area contributed by atoms with Crippen molar-refractivity contribution in [2.75, 3.05) is 12.4 Å². The van der Waals surface area contributed by atoms with Gasteiger partial charge in [0.1, 0.15) is 5.75 Å². The number of nitrogens with zero attached hydrogens (tertiary/aromatic N) is 1. The van der Waals surface area contributed by atoms with Crippen molar-refractivity contribution in [3.63, 3.8) is 0 Å². The third-order valence-electron chi connectivity index (χ3n) is 4.63. The Morgan fingerprint density at radius 1 is 1.31 bits per heavy atom. The smallest absolute Gasteiger partial charge is 0.271 e. The predicted octanol–water partition coefficient (Wildman–Crippen LogP) is 3.21. The van der Waals surface area contributed by atoms with E-state index in [0.717, 1.165) is 12.8 Å². The molecule has 0 bridgehead atoms. The average Bonchev–Trinajstić information content (AvgIpc) is 3.04. The van der Waals surface area contributed by atoms with Crippen molar-refractivity contribution in [3.8, 4) is 5.75 Å². The number of nitrogens with one attached hydrogen (secondary N) is 2. The van der Waals surface area contributed by atoms with Crippen molar-refractivity contribution >= 4 is 17.3 Å². The molecule has 0 saturated carbocycles. The van der Waals surface area contributed by atoms with Crippen LogP contribution in [0.1, 0.15) is 30.5 Å². The highest BCUT2D eigenvalue weighted by Crippen LogP contribution is 2.32. The van der Waals surface area contributed by atoms with Crippen LogP contribution in [-0.4, -0.2) is 24.0 Å². The summed E-state index contributed by atoms with van der Waals surface area (Å²) < 4.78 is 5.18. The lowest BCUT2D eigenvalue weighted by Crippen LogP contribution is -2.39. The maximum absolute atomic E-state index is 12.6. The van der Waals surface area contributed by atoms with Crippen molar-refractivity contribution in [1.29, 1.82) is 0 Å². The average molecular weight is 355 g/mol. The number of ether oxygens (including phenoxy) is 1. The molecule has 0 saturated heterocycles. The topological polar surface area (TPSA) is 93.5 Å². The number of nitro benzene ring substituents is 1. The Hall–Kier alpha value is -2.93. The minimum absolute atomic E-state index is 0.105. The van der Waals surface area contributed by atoms with Crippen molar-refractivity contribution in [1.82, 2.24) is 5.32 Å². The maximum atomic E-state index is 12.6. The molecule has 2 aromatic rings. The summed E-state index contributed by atoms with van der Waals surface area (Å²) in [5.74, 6) is 0.107. The van der Waals surface area contributed by atoms with Crippen LogP contribution in [0.15, 0.2) is 42.5 Å². The van der Waals surface area contributed by atoms with Gasteiger partial charge in [-0.05, 0) is 37.0 Å². The number of aryl methyl sites for hydroxylation is 1.